The summed E-state index contributed by atoms with van der Waals surface area (Å²) >= 11 is 1.33. The Morgan fingerprint density at radius 1 is 1.32 bits per heavy atom. The molecular weight excluding hydrogens is 340 g/mol. The van der Waals surface area contributed by atoms with E-state index in [0.717, 1.165) is 32.3 Å². The lowest BCUT2D eigenvalue weighted by Crippen LogP contribution is -2.39. The zero-order valence-corrected chi connectivity index (χ0v) is 15.6. The van der Waals surface area contributed by atoms with Crippen LogP contribution in [0.25, 0.3) is 0 Å². The van der Waals surface area contributed by atoms with Crippen molar-refractivity contribution in [2.75, 3.05) is 6.61 Å². The first-order valence-electron chi connectivity index (χ1n) is 9.37. The van der Waals surface area contributed by atoms with Gasteiger partial charge in [-0.15, -0.1) is 5.10 Å². The van der Waals surface area contributed by atoms with Gasteiger partial charge in [0.25, 0.3) is 0 Å². The van der Waals surface area contributed by atoms with Gasteiger partial charge in [0.05, 0.1) is 17.9 Å². The van der Waals surface area contributed by atoms with Crippen molar-refractivity contribution in [3.63, 3.8) is 0 Å². The Balaban J connectivity index is 1.57. The second-order valence-corrected chi connectivity index (χ2v) is 8.32. The molecule has 1 aliphatic carbocycles. The molecule has 2 N–H and O–H groups in total. The van der Waals surface area contributed by atoms with Crippen LogP contribution in [-0.4, -0.2) is 44.7 Å². The number of rotatable bonds is 6. The predicted molar refractivity (Wildman–Crippen MR) is 96.8 cm³/mol. The van der Waals surface area contributed by atoms with E-state index in [1.165, 1.54) is 37.4 Å². The Morgan fingerprint density at radius 2 is 2.08 bits per heavy atom. The van der Waals surface area contributed by atoms with Crippen LogP contribution in [0.3, 0.4) is 0 Å². The van der Waals surface area contributed by atoms with Crippen LogP contribution in [0.5, 0.6) is 0 Å². The minimum absolute atomic E-state index is 0.0241. The fourth-order valence-corrected chi connectivity index (χ4v) is 4.37. The molecule has 1 aliphatic heterocycles. The lowest BCUT2D eigenvalue weighted by molar-refractivity contribution is -0.121. The molecule has 140 valence electrons. The highest BCUT2D eigenvalue weighted by atomic mass is 32.2. The fourth-order valence-electron chi connectivity index (χ4n) is 3.50. The third-order valence-corrected chi connectivity index (χ3v) is 6.08. The molecule has 7 nitrogen and oxygen atoms in total. The molecule has 2 fully saturated rings. The largest absolute Gasteiger partial charge is 0.376 e. The lowest BCUT2D eigenvalue weighted by Gasteiger charge is -2.19. The Labute approximate surface area is 152 Å². The molecule has 1 aromatic rings. The molecular formula is C17H28N4O3S. The van der Waals surface area contributed by atoms with Crippen LogP contribution in [0.1, 0.15) is 58.3 Å². The third kappa shape index (κ3) is 5.10. The third-order valence-electron chi connectivity index (χ3n) is 4.99. The highest BCUT2D eigenvalue weighted by Crippen LogP contribution is 2.23. The molecule has 2 heterocycles. The molecule has 1 amide bonds. The first kappa shape index (κ1) is 18.5. The molecule has 1 saturated heterocycles. The molecule has 25 heavy (non-hydrogen) atoms. The number of amides is 1. The molecule has 0 unspecified atom stereocenters. The number of aromatic nitrogens is 3. The van der Waals surface area contributed by atoms with Crippen molar-refractivity contribution in [3.8, 4) is 0 Å². The highest BCUT2D eigenvalue weighted by Gasteiger charge is 2.24. The smallest absolute Gasteiger partial charge is 0.344 e. The minimum Gasteiger partial charge on any atom is -0.376 e. The summed E-state index contributed by atoms with van der Waals surface area (Å²) < 4.78 is 7.20. The lowest BCUT2D eigenvalue weighted by atomic mass is 10.1. The zero-order chi connectivity index (χ0) is 17.6. The summed E-state index contributed by atoms with van der Waals surface area (Å²) in [6.07, 6.45) is 9.08. The molecule has 0 aromatic carbocycles. The average Bonchev–Trinajstić information content (AvgIpc) is 3.14. The molecule has 2 atom stereocenters. The predicted octanol–water partition coefficient (Wildman–Crippen LogP) is 2.07. The standard InChI is InChI=1S/C17H28N4O3S/c1-12(15(22)18-13-7-4-2-3-5-8-13)25-17-20-19-16(23)21(17)11-14-9-6-10-24-14/h12-14H,2-11H2,1H3,(H,18,22)(H,19,23)/t12-,14+/m1/s1. The van der Waals surface area contributed by atoms with E-state index in [1.54, 1.807) is 4.57 Å². The highest BCUT2D eigenvalue weighted by molar-refractivity contribution is 8.00. The number of ether oxygens (including phenoxy) is 1. The van der Waals surface area contributed by atoms with Crippen LogP contribution in [-0.2, 0) is 16.1 Å². The van der Waals surface area contributed by atoms with Crippen molar-refractivity contribution in [2.24, 2.45) is 0 Å². The molecule has 0 bridgehead atoms. The van der Waals surface area contributed by atoms with Crippen LogP contribution < -0.4 is 11.0 Å². The number of nitrogens with one attached hydrogen (secondary N) is 2. The maximum atomic E-state index is 12.5. The topological polar surface area (TPSA) is 89.0 Å². The molecule has 2 aliphatic rings. The Kier molecular flexibility index (Phi) is 6.58. The summed E-state index contributed by atoms with van der Waals surface area (Å²) in [5.41, 5.74) is -0.241. The first-order valence-corrected chi connectivity index (χ1v) is 10.3. The Bertz CT molecular complexity index is 616. The van der Waals surface area contributed by atoms with Crippen molar-refractivity contribution >= 4 is 17.7 Å². The zero-order valence-electron chi connectivity index (χ0n) is 14.8. The first-order chi connectivity index (χ1) is 12.1. The van der Waals surface area contributed by atoms with Gasteiger partial charge < -0.3 is 10.1 Å². The maximum absolute atomic E-state index is 12.5. The molecule has 0 radical (unpaired) electrons. The molecule has 0 spiro atoms. The normalized spacial score (nSPS) is 23.3. The van der Waals surface area contributed by atoms with Crippen LogP contribution in [0.15, 0.2) is 9.95 Å². The van der Waals surface area contributed by atoms with Gasteiger partial charge in [-0.05, 0) is 32.6 Å². The van der Waals surface area contributed by atoms with E-state index >= 15 is 0 Å². The monoisotopic (exact) mass is 368 g/mol. The van der Waals surface area contributed by atoms with Crippen LogP contribution in [0, 0.1) is 0 Å². The molecule has 1 saturated carbocycles. The fraction of sp³-hybridized carbons (Fsp3) is 0.824. The summed E-state index contributed by atoms with van der Waals surface area (Å²) in [5.74, 6) is 0.0241. The van der Waals surface area contributed by atoms with E-state index < -0.39 is 0 Å². The van der Waals surface area contributed by atoms with Crippen molar-refractivity contribution in [2.45, 2.75) is 87.4 Å². The number of hydrogen-bond donors (Lipinski definition) is 2. The van der Waals surface area contributed by atoms with E-state index in [0.29, 0.717) is 11.7 Å². The van der Waals surface area contributed by atoms with Crippen molar-refractivity contribution in [1.29, 1.82) is 0 Å². The number of aromatic amines is 1. The van der Waals surface area contributed by atoms with Gasteiger partial charge in [0.1, 0.15) is 0 Å². The summed E-state index contributed by atoms with van der Waals surface area (Å²) in [6.45, 7) is 3.11. The maximum Gasteiger partial charge on any atom is 0.344 e. The Morgan fingerprint density at radius 3 is 2.76 bits per heavy atom. The van der Waals surface area contributed by atoms with Gasteiger partial charge in [0.2, 0.25) is 5.91 Å². The van der Waals surface area contributed by atoms with Gasteiger partial charge in [-0.3, -0.25) is 9.36 Å². The van der Waals surface area contributed by atoms with Gasteiger partial charge in [-0.2, -0.15) is 0 Å². The van der Waals surface area contributed by atoms with Crippen LogP contribution >= 0.6 is 11.8 Å². The van der Waals surface area contributed by atoms with E-state index in [4.69, 9.17) is 4.74 Å². The van der Waals surface area contributed by atoms with Crippen molar-refractivity contribution < 1.29 is 9.53 Å². The van der Waals surface area contributed by atoms with E-state index in [9.17, 15) is 9.59 Å². The molecule has 8 heteroatoms. The van der Waals surface area contributed by atoms with Gasteiger partial charge in [-0.25, -0.2) is 9.89 Å². The van der Waals surface area contributed by atoms with E-state index in [1.807, 2.05) is 6.92 Å². The Hall–Kier alpha value is -1.28. The number of hydrogen-bond acceptors (Lipinski definition) is 5. The summed E-state index contributed by atoms with van der Waals surface area (Å²) in [5, 5.41) is 10.0. The number of nitrogens with zero attached hydrogens (tertiary/aromatic N) is 2. The van der Waals surface area contributed by atoms with Gasteiger partial charge >= 0.3 is 5.69 Å². The molecule has 1 aromatic heterocycles. The van der Waals surface area contributed by atoms with Crippen LogP contribution in [0.4, 0.5) is 0 Å². The van der Waals surface area contributed by atoms with Gasteiger partial charge in [0, 0.05) is 12.6 Å². The van der Waals surface area contributed by atoms with Crippen molar-refractivity contribution in [1.82, 2.24) is 20.1 Å². The van der Waals surface area contributed by atoms with Crippen molar-refractivity contribution in [3.05, 3.63) is 10.5 Å². The van der Waals surface area contributed by atoms with Gasteiger partial charge in [0.15, 0.2) is 5.16 Å². The van der Waals surface area contributed by atoms with E-state index in [-0.39, 0.29) is 29.0 Å². The average molecular weight is 369 g/mol. The second kappa shape index (κ2) is 8.89. The van der Waals surface area contributed by atoms with Crippen LogP contribution in [0.2, 0.25) is 0 Å². The number of carbonyl (C=O) groups is 1. The van der Waals surface area contributed by atoms with E-state index in [2.05, 4.69) is 15.5 Å². The summed E-state index contributed by atoms with van der Waals surface area (Å²) in [4.78, 5) is 24.5. The number of H-pyrrole nitrogens is 1. The molecule has 3 rings (SSSR count). The minimum atomic E-state index is -0.290. The summed E-state index contributed by atoms with van der Waals surface area (Å²) in [6, 6.07) is 0.284. The summed E-state index contributed by atoms with van der Waals surface area (Å²) in [7, 11) is 0. The number of thioether (sulfide) groups is 1. The quantitative estimate of drug-likeness (QED) is 0.593. The van der Waals surface area contributed by atoms with Gasteiger partial charge in [-0.1, -0.05) is 37.4 Å². The SMILES string of the molecule is C[C@@H](Sc1n[nH]c(=O)n1C[C@@H]1CCCO1)C(=O)NC1CCCCCC1. The second-order valence-electron chi connectivity index (χ2n) is 7.01. The number of carbonyl (C=O) groups excluding carboxylic acids is 1.